The number of hydrogen-bond donors (Lipinski definition) is 2. The minimum Gasteiger partial charge on any atom is -1.00 e. The molecule has 23 heavy (non-hydrogen) atoms. The van der Waals surface area contributed by atoms with Crippen LogP contribution in [0.4, 0.5) is 17.1 Å². The van der Waals surface area contributed by atoms with Gasteiger partial charge in [0.25, 0.3) is 0 Å². The number of phenolic OH excluding ortho intramolecular Hbond substituents is 1. The van der Waals surface area contributed by atoms with Crippen LogP contribution >= 0.6 is 0 Å². The second-order valence-electron chi connectivity index (χ2n) is 5.35. The van der Waals surface area contributed by atoms with Crippen LogP contribution in [0.3, 0.4) is 0 Å². The van der Waals surface area contributed by atoms with Crippen LogP contribution in [-0.2, 0) is 0 Å². The molecule has 3 N–H and O–H groups in total. The van der Waals surface area contributed by atoms with Crippen molar-refractivity contribution < 1.29 is 17.5 Å². The first kappa shape index (κ1) is 16.8. The van der Waals surface area contributed by atoms with E-state index in [2.05, 4.69) is 10.2 Å². The smallest absolute Gasteiger partial charge is 0.143 e. The molecule has 0 spiro atoms. The van der Waals surface area contributed by atoms with Gasteiger partial charge in [-0.3, -0.25) is 0 Å². The third-order valence-corrected chi connectivity index (χ3v) is 3.72. The molecule has 5 heteroatoms. The average molecular weight is 327 g/mol. The molecule has 0 heterocycles. The van der Waals surface area contributed by atoms with Crippen molar-refractivity contribution in [2.45, 2.75) is 13.8 Å². The molecule has 0 atom stereocenters. The number of rotatable bonds is 2. The van der Waals surface area contributed by atoms with Gasteiger partial charge in [0.15, 0.2) is 0 Å². The molecule has 0 radical (unpaired) electrons. The molecule has 0 fully saturated rings. The maximum atomic E-state index is 10.1. The van der Waals surface area contributed by atoms with E-state index in [1.165, 1.54) is 0 Å². The van der Waals surface area contributed by atoms with Gasteiger partial charge in [0.1, 0.15) is 11.4 Å². The molecule has 0 saturated carbocycles. The van der Waals surface area contributed by atoms with Crippen molar-refractivity contribution >= 4 is 27.8 Å². The third kappa shape index (κ3) is 3.27. The Morgan fingerprint density at radius 3 is 2.43 bits per heavy atom. The number of fused-ring (bicyclic) bond motifs is 1. The van der Waals surface area contributed by atoms with E-state index in [9.17, 15) is 5.11 Å². The number of nitrogen functional groups attached to an aromatic ring is 1. The molecule has 0 unspecified atom stereocenters. The van der Waals surface area contributed by atoms with Gasteiger partial charge in [-0.25, -0.2) is 0 Å². The van der Waals surface area contributed by atoms with Crippen LogP contribution in [0.15, 0.2) is 58.8 Å². The number of anilines is 1. The highest BCUT2D eigenvalue weighted by Gasteiger charge is 2.08. The Bertz CT molecular complexity index is 891. The van der Waals surface area contributed by atoms with Crippen LogP contribution in [-0.4, -0.2) is 5.11 Å². The highest BCUT2D eigenvalue weighted by molar-refractivity contribution is 5.97. The minimum atomic E-state index is 0. The first-order chi connectivity index (χ1) is 10.6. The molecule has 0 aliphatic carbocycles. The molecule has 3 rings (SSSR count). The van der Waals surface area contributed by atoms with Gasteiger partial charge in [-0.15, -0.1) is 5.11 Å². The van der Waals surface area contributed by atoms with Crippen molar-refractivity contribution in [1.82, 2.24) is 0 Å². The van der Waals surface area contributed by atoms with Gasteiger partial charge in [0.2, 0.25) is 0 Å². The maximum Gasteiger partial charge on any atom is 0.143 e. The summed E-state index contributed by atoms with van der Waals surface area (Å²) in [5.74, 6) is 0.123. The molecule has 4 nitrogen and oxygen atoms in total. The zero-order chi connectivity index (χ0) is 15.7. The standard InChI is InChI=1S/C18H17N3O.ClH/c1-11-4-3-5-13-6-9-16(22)18(17(11)13)21-20-14-7-8-15(19)12(2)10-14;/h3-10,22H,19H2,1-2H3;1H/p-1. The Morgan fingerprint density at radius 2 is 1.70 bits per heavy atom. The van der Waals surface area contributed by atoms with Crippen LogP contribution in [0.5, 0.6) is 5.75 Å². The van der Waals surface area contributed by atoms with Crippen LogP contribution in [0.1, 0.15) is 11.1 Å². The van der Waals surface area contributed by atoms with Crippen molar-refractivity contribution in [1.29, 1.82) is 0 Å². The zero-order valence-electron chi connectivity index (χ0n) is 12.9. The number of azo groups is 1. The summed E-state index contributed by atoms with van der Waals surface area (Å²) in [7, 11) is 0. The predicted molar refractivity (Wildman–Crippen MR) is 90.1 cm³/mol. The maximum absolute atomic E-state index is 10.1. The lowest BCUT2D eigenvalue weighted by Crippen LogP contribution is -3.00. The molecule has 118 valence electrons. The van der Waals surface area contributed by atoms with Gasteiger partial charge >= 0.3 is 0 Å². The Labute approximate surface area is 141 Å². The summed E-state index contributed by atoms with van der Waals surface area (Å²) < 4.78 is 0. The van der Waals surface area contributed by atoms with Crippen molar-refractivity contribution in [3.63, 3.8) is 0 Å². The van der Waals surface area contributed by atoms with Crippen molar-refractivity contribution in [2.75, 3.05) is 5.73 Å². The molecular weight excluding hydrogens is 310 g/mol. The molecule has 0 aliphatic rings. The lowest BCUT2D eigenvalue weighted by molar-refractivity contribution is -0.00000553. The number of halogens is 1. The van der Waals surface area contributed by atoms with Gasteiger partial charge in [-0.1, -0.05) is 24.3 Å². The fraction of sp³-hybridized carbons (Fsp3) is 0.111. The summed E-state index contributed by atoms with van der Waals surface area (Å²) in [5.41, 5.74) is 9.73. The number of nitrogens with zero attached hydrogens (tertiary/aromatic N) is 2. The number of benzene rings is 3. The third-order valence-electron chi connectivity index (χ3n) is 3.72. The van der Waals surface area contributed by atoms with Crippen LogP contribution in [0.2, 0.25) is 0 Å². The molecule has 3 aromatic carbocycles. The van der Waals surface area contributed by atoms with Gasteiger partial charge in [-0.2, -0.15) is 5.11 Å². The van der Waals surface area contributed by atoms with E-state index in [1.807, 2.05) is 44.2 Å². The second kappa shape index (κ2) is 6.67. The van der Waals surface area contributed by atoms with E-state index < -0.39 is 0 Å². The summed E-state index contributed by atoms with van der Waals surface area (Å²) >= 11 is 0. The lowest BCUT2D eigenvalue weighted by Gasteiger charge is -2.07. The van der Waals surface area contributed by atoms with Crippen LogP contribution < -0.4 is 18.1 Å². The van der Waals surface area contributed by atoms with E-state index in [0.717, 1.165) is 27.6 Å². The highest BCUT2D eigenvalue weighted by atomic mass is 35.5. The molecule has 0 aromatic heterocycles. The number of aryl methyl sites for hydroxylation is 2. The van der Waals surface area contributed by atoms with Crippen molar-refractivity contribution in [3.05, 3.63) is 59.7 Å². The van der Waals surface area contributed by atoms with Gasteiger partial charge in [-0.05, 0) is 54.6 Å². The molecule has 0 amide bonds. The minimum absolute atomic E-state index is 0. The summed E-state index contributed by atoms with van der Waals surface area (Å²) in [5, 5.41) is 20.6. The Balaban J connectivity index is 0.00000192. The normalized spacial score (nSPS) is 10.9. The second-order valence-corrected chi connectivity index (χ2v) is 5.35. The highest BCUT2D eigenvalue weighted by Crippen LogP contribution is 2.37. The monoisotopic (exact) mass is 326 g/mol. The Hall–Kier alpha value is -2.59. The van der Waals surface area contributed by atoms with Crippen molar-refractivity contribution in [2.24, 2.45) is 10.2 Å². The Morgan fingerprint density at radius 1 is 0.913 bits per heavy atom. The van der Waals surface area contributed by atoms with Crippen LogP contribution in [0.25, 0.3) is 10.8 Å². The number of phenols is 1. The van der Waals surface area contributed by atoms with E-state index in [1.54, 1.807) is 18.2 Å². The van der Waals surface area contributed by atoms with E-state index in [0.29, 0.717) is 11.4 Å². The predicted octanol–water partition coefficient (Wildman–Crippen LogP) is 2.16. The molecule has 0 saturated heterocycles. The first-order valence-electron chi connectivity index (χ1n) is 7.05. The van der Waals surface area contributed by atoms with Gasteiger partial charge < -0.3 is 23.2 Å². The molecular formula is C18H17ClN3O-. The molecule has 0 aliphatic heterocycles. The topological polar surface area (TPSA) is 71.0 Å². The number of aromatic hydroxyl groups is 1. The summed E-state index contributed by atoms with van der Waals surface area (Å²) in [4.78, 5) is 0. The van der Waals surface area contributed by atoms with E-state index in [4.69, 9.17) is 5.73 Å². The molecule has 3 aromatic rings. The van der Waals surface area contributed by atoms with E-state index in [-0.39, 0.29) is 18.2 Å². The number of nitrogens with two attached hydrogens (primary N) is 1. The van der Waals surface area contributed by atoms with Gasteiger partial charge in [0, 0.05) is 11.1 Å². The fourth-order valence-corrected chi connectivity index (χ4v) is 2.46. The number of hydrogen-bond acceptors (Lipinski definition) is 4. The van der Waals surface area contributed by atoms with E-state index >= 15 is 0 Å². The SMILES string of the molecule is Cc1cc(N=Nc2c(O)ccc3cccc(C)c23)ccc1N.[Cl-]. The average Bonchev–Trinajstić information content (AvgIpc) is 2.50. The lowest BCUT2D eigenvalue weighted by atomic mass is 10.0. The zero-order valence-corrected chi connectivity index (χ0v) is 13.7. The van der Waals surface area contributed by atoms with Gasteiger partial charge in [0.05, 0.1) is 5.69 Å². The van der Waals surface area contributed by atoms with Crippen LogP contribution in [0, 0.1) is 13.8 Å². The summed E-state index contributed by atoms with van der Waals surface area (Å²) in [6, 6.07) is 15.0. The first-order valence-corrected chi connectivity index (χ1v) is 7.05. The largest absolute Gasteiger partial charge is 1.00 e. The quantitative estimate of drug-likeness (QED) is 0.559. The van der Waals surface area contributed by atoms with Crippen molar-refractivity contribution in [3.8, 4) is 5.75 Å². The summed E-state index contributed by atoms with van der Waals surface area (Å²) in [6.45, 7) is 3.92. The fourth-order valence-electron chi connectivity index (χ4n) is 2.46. The Kier molecular flexibility index (Phi) is 4.86. The molecule has 0 bridgehead atoms. The summed E-state index contributed by atoms with van der Waals surface area (Å²) in [6.07, 6.45) is 0.